The summed E-state index contributed by atoms with van der Waals surface area (Å²) in [6, 6.07) is 5.60. The first-order valence-electron chi connectivity index (χ1n) is 6.84. The largest absolute Gasteiger partial charge is 0.377 e. The maximum atomic E-state index is 12.8. The molecule has 1 N–H and O–H groups in total. The van der Waals surface area contributed by atoms with Gasteiger partial charge in [0.25, 0.3) is 0 Å². The third kappa shape index (κ3) is 4.90. The number of carbonyl (C=O) groups is 1. The molecule has 0 unspecified atom stereocenters. The third-order valence-corrected chi connectivity index (χ3v) is 3.81. The first kappa shape index (κ1) is 17.2. The summed E-state index contributed by atoms with van der Waals surface area (Å²) >= 11 is 1.26. The lowest BCUT2D eigenvalue weighted by atomic mass is 10.3. The zero-order valence-electron chi connectivity index (χ0n) is 12.7. The highest BCUT2D eigenvalue weighted by Gasteiger charge is 2.13. The minimum absolute atomic E-state index is 0.166. The second-order valence-corrected chi connectivity index (χ2v) is 5.52. The molecular formula is C15H17FN4O2S. The van der Waals surface area contributed by atoms with Crippen LogP contribution in [-0.2, 0) is 22.7 Å². The van der Waals surface area contributed by atoms with Gasteiger partial charge in [-0.2, -0.15) is 0 Å². The van der Waals surface area contributed by atoms with Gasteiger partial charge in [0, 0.05) is 19.3 Å². The Morgan fingerprint density at radius 3 is 2.83 bits per heavy atom. The first-order chi connectivity index (χ1) is 11.1. The van der Waals surface area contributed by atoms with Gasteiger partial charge in [0.2, 0.25) is 5.91 Å². The van der Waals surface area contributed by atoms with Gasteiger partial charge in [-0.05, 0) is 24.3 Å². The Balaban J connectivity index is 1.95. The highest BCUT2D eigenvalue weighted by Crippen LogP contribution is 2.18. The normalized spacial score (nSPS) is 10.5. The number of halogens is 1. The maximum Gasteiger partial charge on any atom is 0.234 e. The lowest BCUT2D eigenvalue weighted by molar-refractivity contribution is -0.113. The summed E-state index contributed by atoms with van der Waals surface area (Å²) in [6.45, 7) is 4.57. The number of carbonyl (C=O) groups excluding carboxylic acids is 1. The van der Waals surface area contributed by atoms with Crippen molar-refractivity contribution >= 4 is 23.4 Å². The van der Waals surface area contributed by atoms with Crippen LogP contribution in [0.25, 0.3) is 0 Å². The molecule has 0 spiro atoms. The Kier molecular flexibility index (Phi) is 6.30. The van der Waals surface area contributed by atoms with Crippen molar-refractivity contribution in [2.75, 3.05) is 18.2 Å². The van der Waals surface area contributed by atoms with Gasteiger partial charge in [-0.25, -0.2) is 4.39 Å². The fraction of sp³-hybridized carbons (Fsp3) is 0.267. The van der Waals surface area contributed by atoms with E-state index in [-0.39, 0.29) is 17.5 Å². The number of anilines is 1. The topological polar surface area (TPSA) is 69.0 Å². The predicted molar refractivity (Wildman–Crippen MR) is 86.7 cm³/mol. The van der Waals surface area contributed by atoms with Gasteiger partial charge < -0.3 is 14.6 Å². The van der Waals surface area contributed by atoms with Crippen molar-refractivity contribution in [3.8, 4) is 0 Å². The van der Waals surface area contributed by atoms with Crippen molar-refractivity contribution in [3.05, 3.63) is 48.6 Å². The van der Waals surface area contributed by atoms with Crippen molar-refractivity contribution < 1.29 is 13.9 Å². The third-order valence-electron chi connectivity index (χ3n) is 2.84. The lowest BCUT2D eigenvalue weighted by Gasteiger charge is -2.07. The average Bonchev–Trinajstić information content (AvgIpc) is 2.91. The maximum absolute atomic E-state index is 12.8. The zero-order valence-corrected chi connectivity index (χ0v) is 13.5. The van der Waals surface area contributed by atoms with Crippen LogP contribution in [0.2, 0.25) is 0 Å². The van der Waals surface area contributed by atoms with Crippen LogP contribution in [0.1, 0.15) is 5.82 Å². The van der Waals surface area contributed by atoms with Crippen molar-refractivity contribution in [2.45, 2.75) is 18.3 Å². The molecule has 1 aromatic carbocycles. The van der Waals surface area contributed by atoms with Crippen LogP contribution < -0.4 is 5.32 Å². The number of ether oxygens (including phenoxy) is 1. The van der Waals surface area contributed by atoms with Crippen LogP contribution in [0, 0.1) is 5.82 Å². The number of aromatic nitrogens is 3. The van der Waals surface area contributed by atoms with Crippen LogP contribution in [0.4, 0.5) is 10.1 Å². The molecule has 0 aliphatic carbocycles. The van der Waals surface area contributed by atoms with Crippen molar-refractivity contribution in [1.29, 1.82) is 0 Å². The summed E-state index contributed by atoms with van der Waals surface area (Å²) in [7, 11) is 1.58. The number of hydrogen-bond acceptors (Lipinski definition) is 5. The molecule has 0 saturated heterocycles. The van der Waals surface area contributed by atoms with Crippen molar-refractivity contribution in [3.63, 3.8) is 0 Å². The Bertz CT molecular complexity index is 673. The number of benzene rings is 1. The number of amides is 1. The van der Waals surface area contributed by atoms with Crippen molar-refractivity contribution in [1.82, 2.24) is 14.8 Å². The summed E-state index contributed by atoms with van der Waals surface area (Å²) in [4.78, 5) is 11.9. The van der Waals surface area contributed by atoms with Crippen LogP contribution in [0.5, 0.6) is 0 Å². The van der Waals surface area contributed by atoms with Gasteiger partial charge in [-0.1, -0.05) is 17.8 Å². The number of hydrogen-bond donors (Lipinski definition) is 1. The van der Waals surface area contributed by atoms with Gasteiger partial charge in [-0.3, -0.25) is 4.79 Å². The molecule has 23 heavy (non-hydrogen) atoms. The first-order valence-corrected chi connectivity index (χ1v) is 7.82. The molecule has 0 aliphatic heterocycles. The highest BCUT2D eigenvalue weighted by molar-refractivity contribution is 7.99. The Hall–Kier alpha value is -2.19. The minimum Gasteiger partial charge on any atom is -0.377 e. The van der Waals surface area contributed by atoms with E-state index in [1.54, 1.807) is 13.2 Å². The fourth-order valence-electron chi connectivity index (χ4n) is 1.83. The van der Waals surface area contributed by atoms with Gasteiger partial charge in [0.05, 0.1) is 5.75 Å². The van der Waals surface area contributed by atoms with Crippen molar-refractivity contribution in [2.24, 2.45) is 0 Å². The smallest absolute Gasteiger partial charge is 0.234 e. The molecule has 0 saturated carbocycles. The lowest BCUT2D eigenvalue weighted by Crippen LogP contribution is -2.14. The fourth-order valence-corrected chi connectivity index (χ4v) is 2.60. The molecule has 0 bridgehead atoms. The number of methoxy groups -OCH3 is 1. The predicted octanol–water partition coefficient (Wildman–Crippen LogP) is 2.48. The molecule has 6 nitrogen and oxygen atoms in total. The van der Waals surface area contributed by atoms with E-state index >= 15 is 0 Å². The van der Waals surface area contributed by atoms with Crippen LogP contribution in [-0.4, -0.2) is 33.5 Å². The average molecular weight is 336 g/mol. The zero-order chi connectivity index (χ0) is 16.7. The van der Waals surface area contributed by atoms with E-state index in [9.17, 15) is 9.18 Å². The standard InChI is InChI=1S/C15H17FN4O2S/c1-3-8-20-13(9-22-2)18-19-15(20)23-10-14(21)17-12-6-4-11(16)5-7-12/h3-7H,1,8-10H2,2H3,(H,17,21). The highest BCUT2D eigenvalue weighted by atomic mass is 32.2. The SMILES string of the molecule is C=CCn1c(COC)nnc1SCC(=O)Nc1ccc(F)cc1. The van der Waals surface area contributed by atoms with E-state index in [1.165, 1.54) is 36.0 Å². The number of nitrogens with zero attached hydrogens (tertiary/aromatic N) is 3. The second-order valence-electron chi connectivity index (χ2n) is 4.57. The van der Waals surface area contributed by atoms with Gasteiger partial charge >= 0.3 is 0 Å². The van der Waals surface area contributed by atoms with E-state index in [0.717, 1.165) is 0 Å². The second kappa shape index (κ2) is 8.44. The minimum atomic E-state index is -0.347. The molecule has 122 valence electrons. The Labute approximate surface area is 137 Å². The van der Waals surface area contributed by atoms with Gasteiger partial charge in [0.1, 0.15) is 12.4 Å². The summed E-state index contributed by atoms with van der Waals surface area (Å²) in [5.74, 6) is 0.289. The number of rotatable bonds is 8. The Morgan fingerprint density at radius 1 is 1.43 bits per heavy atom. The number of thioether (sulfide) groups is 1. The summed E-state index contributed by atoms with van der Waals surface area (Å²) in [5, 5.41) is 11.4. The van der Waals surface area contributed by atoms with Gasteiger partial charge in [0.15, 0.2) is 11.0 Å². The summed E-state index contributed by atoms with van der Waals surface area (Å²) in [5.41, 5.74) is 0.546. The van der Waals surface area contributed by atoms with E-state index in [4.69, 9.17) is 4.74 Å². The molecule has 0 radical (unpaired) electrons. The molecule has 8 heteroatoms. The summed E-state index contributed by atoms with van der Waals surface area (Å²) in [6.07, 6.45) is 1.73. The van der Waals surface area contributed by atoms with E-state index in [2.05, 4.69) is 22.1 Å². The summed E-state index contributed by atoms with van der Waals surface area (Å²) < 4.78 is 19.7. The van der Waals surface area contributed by atoms with Crippen LogP contribution in [0.3, 0.4) is 0 Å². The van der Waals surface area contributed by atoms with Gasteiger partial charge in [-0.15, -0.1) is 16.8 Å². The molecule has 2 rings (SSSR count). The molecule has 1 heterocycles. The molecule has 0 fully saturated rings. The van der Waals surface area contributed by atoms with E-state index in [1.807, 2.05) is 4.57 Å². The van der Waals surface area contributed by atoms with E-state index in [0.29, 0.717) is 29.8 Å². The molecule has 2 aromatic rings. The number of nitrogens with one attached hydrogen (secondary N) is 1. The quantitative estimate of drug-likeness (QED) is 0.592. The molecule has 0 atom stereocenters. The molecule has 1 amide bonds. The molecule has 1 aromatic heterocycles. The van der Waals surface area contributed by atoms with Crippen LogP contribution >= 0.6 is 11.8 Å². The number of allylic oxidation sites excluding steroid dienone is 1. The molecular weight excluding hydrogens is 319 g/mol. The Morgan fingerprint density at radius 2 is 2.17 bits per heavy atom. The van der Waals surface area contributed by atoms with Crippen LogP contribution in [0.15, 0.2) is 42.1 Å². The monoisotopic (exact) mass is 336 g/mol. The van der Waals surface area contributed by atoms with E-state index < -0.39 is 0 Å². The molecule has 0 aliphatic rings.